The lowest BCUT2D eigenvalue weighted by atomic mass is 10.1. The van der Waals surface area contributed by atoms with Gasteiger partial charge in [-0.25, -0.2) is 13.2 Å². The van der Waals surface area contributed by atoms with Gasteiger partial charge in [0.25, 0.3) is 0 Å². The normalized spacial score (nSPS) is 35.3. The van der Waals surface area contributed by atoms with E-state index in [1.165, 1.54) is 0 Å². The molecule has 8 heteroatoms. The van der Waals surface area contributed by atoms with Gasteiger partial charge in [0, 0.05) is 6.54 Å². The maximum Gasteiger partial charge on any atom is 0.407 e. The predicted molar refractivity (Wildman–Crippen MR) is 42.9 cm³/mol. The van der Waals surface area contributed by atoms with Crippen LogP contribution in [0, 0.1) is 0 Å². The minimum atomic E-state index is -3.90. The predicted octanol–water partition coefficient (Wildman–Crippen LogP) is -0.601. The van der Waals surface area contributed by atoms with Gasteiger partial charge in [0.1, 0.15) is 12.2 Å². The van der Waals surface area contributed by atoms with Crippen molar-refractivity contribution in [1.82, 2.24) is 4.90 Å². The molecule has 0 radical (unpaired) electrons. The Balaban J connectivity index is 2.09. The SMILES string of the molecule is O=C(O)N1CC[C@H]2OS(=O)(=O)O[C@H]2C1. The van der Waals surface area contributed by atoms with Gasteiger partial charge in [-0.1, -0.05) is 0 Å². The molecule has 2 saturated heterocycles. The van der Waals surface area contributed by atoms with Crippen molar-refractivity contribution < 1.29 is 26.7 Å². The van der Waals surface area contributed by atoms with E-state index in [2.05, 4.69) is 8.37 Å². The molecule has 2 rings (SSSR count). The molecule has 0 unspecified atom stereocenters. The highest BCUT2D eigenvalue weighted by atomic mass is 32.3. The molecule has 0 aromatic heterocycles. The van der Waals surface area contributed by atoms with Gasteiger partial charge < -0.3 is 10.0 Å². The van der Waals surface area contributed by atoms with Crippen molar-refractivity contribution in [3.63, 3.8) is 0 Å². The summed E-state index contributed by atoms with van der Waals surface area (Å²) in [6.45, 7) is 0.314. The molecule has 2 aliphatic heterocycles. The van der Waals surface area contributed by atoms with E-state index in [-0.39, 0.29) is 13.1 Å². The topological polar surface area (TPSA) is 93.1 Å². The summed E-state index contributed by atoms with van der Waals surface area (Å²) in [6.07, 6.45) is -1.95. The van der Waals surface area contributed by atoms with Crippen molar-refractivity contribution in [1.29, 1.82) is 0 Å². The van der Waals surface area contributed by atoms with E-state index in [0.29, 0.717) is 6.42 Å². The molecular weight excluding hydrogens is 214 g/mol. The van der Waals surface area contributed by atoms with Crippen LogP contribution in [-0.2, 0) is 18.8 Å². The smallest absolute Gasteiger partial charge is 0.407 e. The van der Waals surface area contributed by atoms with Gasteiger partial charge in [-0.3, -0.25) is 0 Å². The number of fused-ring (bicyclic) bond motifs is 1. The van der Waals surface area contributed by atoms with Gasteiger partial charge in [-0.15, -0.1) is 0 Å². The standard InChI is InChI=1S/C6H9NO6S/c8-6(9)7-2-1-4-5(3-7)13-14(10,11)12-4/h4-5H,1-3H2,(H,8,9)/t4-,5+/m1/s1. The molecule has 80 valence electrons. The number of nitrogens with zero attached hydrogens (tertiary/aromatic N) is 1. The van der Waals surface area contributed by atoms with Gasteiger partial charge in [0.15, 0.2) is 0 Å². The Morgan fingerprint density at radius 3 is 2.64 bits per heavy atom. The minimum Gasteiger partial charge on any atom is -0.465 e. The van der Waals surface area contributed by atoms with E-state index in [9.17, 15) is 13.2 Å². The van der Waals surface area contributed by atoms with Crippen molar-refractivity contribution in [2.75, 3.05) is 13.1 Å². The van der Waals surface area contributed by atoms with E-state index in [1.807, 2.05) is 0 Å². The van der Waals surface area contributed by atoms with Crippen LogP contribution in [0.2, 0.25) is 0 Å². The highest BCUT2D eigenvalue weighted by molar-refractivity contribution is 7.82. The van der Waals surface area contributed by atoms with Crippen LogP contribution < -0.4 is 0 Å². The van der Waals surface area contributed by atoms with Crippen molar-refractivity contribution in [2.24, 2.45) is 0 Å². The van der Waals surface area contributed by atoms with Crippen molar-refractivity contribution in [2.45, 2.75) is 18.6 Å². The number of hydrogen-bond acceptors (Lipinski definition) is 5. The molecule has 2 aliphatic rings. The van der Waals surface area contributed by atoms with Gasteiger partial charge in [0.2, 0.25) is 0 Å². The summed E-state index contributed by atoms with van der Waals surface area (Å²) in [5.41, 5.74) is 0. The molecule has 0 bridgehead atoms. The summed E-state index contributed by atoms with van der Waals surface area (Å²) < 4.78 is 30.9. The molecular formula is C6H9NO6S. The molecule has 0 aromatic carbocycles. The zero-order valence-electron chi connectivity index (χ0n) is 7.12. The third kappa shape index (κ3) is 1.68. The van der Waals surface area contributed by atoms with E-state index in [1.54, 1.807) is 0 Å². The Hall–Kier alpha value is -0.860. The lowest BCUT2D eigenvalue weighted by Gasteiger charge is -2.29. The quantitative estimate of drug-likeness (QED) is 0.589. The molecule has 2 fully saturated rings. The summed E-state index contributed by atoms with van der Waals surface area (Å²) in [5, 5.41) is 8.67. The number of hydrogen-bond donors (Lipinski definition) is 1. The van der Waals surface area contributed by atoms with Crippen LogP contribution in [0.4, 0.5) is 4.79 Å². The van der Waals surface area contributed by atoms with Gasteiger partial charge in [0.05, 0.1) is 6.54 Å². The van der Waals surface area contributed by atoms with Crippen LogP contribution in [0.25, 0.3) is 0 Å². The van der Waals surface area contributed by atoms with Crippen molar-refractivity contribution in [3.8, 4) is 0 Å². The number of carboxylic acid groups (broad SMARTS) is 1. The number of piperidine rings is 1. The third-order valence-electron chi connectivity index (χ3n) is 2.25. The van der Waals surface area contributed by atoms with Crippen LogP contribution >= 0.6 is 0 Å². The Morgan fingerprint density at radius 2 is 2.00 bits per heavy atom. The highest BCUT2D eigenvalue weighted by Crippen LogP contribution is 2.27. The lowest BCUT2D eigenvalue weighted by Crippen LogP contribution is -2.47. The minimum absolute atomic E-state index is 0.0409. The second-order valence-corrected chi connectivity index (χ2v) is 4.40. The van der Waals surface area contributed by atoms with Crippen LogP contribution in [0.3, 0.4) is 0 Å². The number of likely N-dealkylation sites (tertiary alicyclic amines) is 1. The molecule has 1 amide bonds. The molecule has 2 atom stereocenters. The first-order chi connectivity index (χ1) is 6.48. The summed E-state index contributed by atoms with van der Waals surface area (Å²) >= 11 is 0. The molecule has 7 nitrogen and oxygen atoms in total. The zero-order chi connectivity index (χ0) is 10.3. The summed E-state index contributed by atoms with van der Waals surface area (Å²) in [5.74, 6) is 0. The Labute approximate surface area is 80.5 Å². The second-order valence-electron chi connectivity index (χ2n) is 3.19. The lowest BCUT2D eigenvalue weighted by molar-refractivity contribution is 0.0521. The first-order valence-electron chi connectivity index (χ1n) is 4.07. The Morgan fingerprint density at radius 1 is 1.36 bits per heavy atom. The number of carbonyl (C=O) groups is 1. The number of amides is 1. The maximum absolute atomic E-state index is 10.9. The van der Waals surface area contributed by atoms with Gasteiger partial charge in [-0.05, 0) is 6.42 Å². The summed E-state index contributed by atoms with van der Waals surface area (Å²) in [4.78, 5) is 11.7. The molecule has 2 heterocycles. The molecule has 1 N–H and O–H groups in total. The molecule has 0 aromatic rings. The van der Waals surface area contributed by atoms with Crippen molar-refractivity contribution >= 4 is 16.5 Å². The van der Waals surface area contributed by atoms with Gasteiger partial charge >= 0.3 is 16.5 Å². The average molecular weight is 223 g/mol. The summed E-state index contributed by atoms with van der Waals surface area (Å²) in [6, 6.07) is 0. The zero-order valence-corrected chi connectivity index (χ0v) is 7.94. The molecule has 14 heavy (non-hydrogen) atoms. The van der Waals surface area contributed by atoms with Crippen LogP contribution in [0.1, 0.15) is 6.42 Å². The fourth-order valence-electron chi connectivity index (χ4n) is 1.60. The van der Waals surface area contributed by atoms with E-state index < -0.39 is 28.7 Å². The van der Waals surface area contributed by atoms with Crippen LogP contribution in [0.5, 0.6) is 0 Å². The molecule has 0 aliphatic carbocycles. The number of rotatable bonds is 0. The fourth-order valence-corrected chi connectivity index (χ4v) is 2.65. The van der Waals surface area contributed by atoms with Gasteiger partial charge in [-0.2, -0.15) is 8.42 Å². The Kier molecular flexibility index (Phi) is 2.13. The van der Waals surface area contributed by atoms with Crippen LogP contribution in [0.15, 0.2) is 0 Å². The monoisotopic (exact) mass is 223 g/mol. The highest BCUT2D eigenvalue weighted by Gasteiger charge is 2.44. The summed E-state index contributed by atoms with van der Waals surface area (Å²) in [7, 11) is -3.90. The first-order valence-corrected chi connectivity index (χ1v) is 5.41. The average Bonchev–Trinajstić information content (AvgIpc) is 2.36. The van der Waals surface area contributed by atoms with E-state index in [4.69, 9.17) is 5.11 Å². The fraction of sp³-hybridized carbons (Fsp3) is 0.833. The second kappa shape index (κ2) is 3.07. The van der Waals surface area contributed by atoms with E-state index in [0.717, 1.165) is 4.90 Å². The van der Waals surface area contributed by atoms with E-state index >= 15 is 0 Å². The Bertz CT molecular complexity index is 351. The van der Waals surface area contributed by atoms with Crippen LogP contribution in [-0.4, -0.2) is 49.8 Å². The largest absolute Gasteiger partial charge is 0.465 e. The van der Waals surface area contributed by atoms with Crippen molar-refractivity contribution in [3.05, 3.63) is 0 Å². The molecule has 0 spiro atoms. The maximum atomic E-state index is 10.9. The third-order valence-corrected chi connectivity index (χ3v) is 3.22. The molecule has 0 saturated carbocycles. The first kappa shape index (κ1) is 9.69.